The highest BCUT2D eigenvalue weighted by Gasteiger charge is 2.19. The number of ketones is 1. The van der Waals surface area contributed by atoms with E-state index in [1.54, 1.807) is 0 Å². The van der Waals surface area contributed by atoms with Gasteiger partial charge in [0.15, 0.2) is 5.78 Å². The molecule has 0 radical (unpaired) electrons. The SMILES string of the molecule is O=C(CCC(=O)c1ccc2c(c1)CCC2)NCc1ccccc1CN1CCN(c2ccccc2)CC1. The number of hydrogen-bond donors (Lipinski definition) is 1. The van der Waals surface area contributed by atoms with Gasteiger partial charge in [0.2, 0.25) is 5.91 Å². The van der Waals surface area contributed by atoms with Gasteiger partial charge in [-0.05, 0) is 59.7 Å². The summed E-state index contributed by atoms with van der Waals surface area (Å²) in [5, 5.41) is 3.04. The van der Waals surface area contributed by atoms with Gasteiger partial charge >= 0.3 is 0 Å². The minimum atomic E-state index is -0.0733. The molecule has 0 unspecified atom stereocenters. The second-order valence-electron chi connectivity index (χ2n) is 9.90. The third kappa shape index (κ3) is 6.03. The van der Waals surface area contributed by atoms with E-state index >= 15 is 0 Å². The van der Waals surface area contributed by atoms with Crippen molar-refractivity contribution in [2.45, 2.75) is 45.2 Å². The second-order valence-corrected chi connectivity index (χ2v) is 9.90. The van der Waals surface area contributed by atoms with E-state index in [0.29, 0.717) is 6.54 Å². The first-order chi connectivity index (χ1) is 17.7. The molecule has 5 heteroatoms. The Kier molecular flexibility index (Phi) is 7.77. The molecule has 0 aromatic heterocycles. The fourth-order valence-corrected chi connectivity index (χ4v) is 5.33. The minimum absolute atomic E-state index is 0.0508. The Morgan fingerprint density at radius 3 is 2.28 bits per heavy atom. The molecule has 1 amide bonds. The predicted octanol–water partition coefficient (Wildman–Crippen LogP) is 4.78. The minimum Gasteiger partial charge on any atom is -0.369 e. The molecule has 36 heavy (non-hydrogen) atoms. The van der Waals surface area contributed by atoms with Crippen LogP contribution in [-0.4, -0.2) is 42.8 Å². The number of nitrogens with zero attached hydrogens (tertiary/aromatic N) is 2. The third-order valence-corrected chi connectivity index (χ3v) is 7.48. The van der Waals surface area contributed by atoms with Gasteiger partial charge in [0.25, 0.3) is 0 Å². The maximum Gasteiger partial charge on any atom is 0.220 e. The van der Waals surface area contributed by atoms with Crippen LogP contribution in [0.25, 0.3) is 0 Å². The van der Waals surface area contributed by atoms with Gasteiger partial charge < -0.3 is 10.2 Å². The van der Waals surface area contributed by atoms with Gasteiger partial charge in [-0.15, -0.1) is 0 Å². The molecule has 0 atom stereocenters. The highest BCUT2D eigenvalue weighted by Crippen LogP contribution is 2.23. The van der Waals surface area contributed by atoms with E-state index in [1.807, 2.05) is 18.2 Å². The Morgan fingerprint density at radius 2 is 1.47 bits per heavy atom. The van der Waals surface area contributed by atoms with Crippen LogP contribution in [0.3, 0.4) is 0 Å². The molecule has 1 aliphatic carbocycles. The van der Waals surface area contributed by atoms with Crippen LogP contribution >= 0.6 is 0 Å². The Morgan fingerprint density at radius 1 is 0.750 bits per heavy atom. The van der Waals surface area contributed by atoms with Gasteiger partial charge in [0.1, 0.15) is 0 Å². The molecule has 2 aliphatic rings. The maximum absolute atomic E-state index is 12.6. The normalized spacial score (nSPS) is 15.5. The first kappa shape index (κ1) is 24.3. The van der Waals surface area contributed by atoms with Crippen molar-refractivity contribution in [3.05, 3.63) is 101 Å². The van der Waals surface area contributed by atoms with Crippen molar-refractivity contribution in [2.75, 3.05) is 31.1 Å². The Labute approximate surface area is 214 Å². The number of aryl methyl sites for hydroxylation is 2. The molecule has 3 aromatic carbocycles. The highest BCUT2D eigenvalue weighted by atomic mass is 16.2. The molecule has 1 heterocycles. The third-order valence-electron chi connectivity index (χ3n) is 7.48. The quantitative estimate of drug-likeness (QED) is 0.447. The molecule has 0 bridgehead atoms. The van der Waals surface area contributed by atoms with E-state index in [9.17, 15) is 9.59 Å². The average Bonchev–Trinajstić information content (AvgIpc) is 3.40. The summed E-state index contributed by atoms with van der Waals surface area (Å²) in [4.78, 5) is 30.1. The van der Waals surface area contributed by atoms with Crippen LogP contribution in [0.4, 0.5) is 5.69 Å². The molecule has 1 aliphatic heterocycles. The van der Waals surface area contributed by atoms with Crippen molar-refractivity contribution in [1.29, 1.82) is 0 Å². The van der Waals surface area contributed by atoms with Crippen molar-refractivity contribution in [3.8, 4) is 0 Å². The number of hydrogen-bond acceptors (Lipinski definition) is 4. The average molecular weight is 482 g/mol. The number of rotatable bonds is 9. The zero-order valence-corrected chi connectivity index (χ0v) is 20.9. The second kappa shape index (κ2) is 11.5. The van der Waals surface area contributed by atoms with Crippen molar-refractivity contribution in [3.63, 3.8) is 0 Å². The standard InChI is InChI=1S/C31H35N3O2/c35-30(26-14-13-24-9-6-10-25(24)21-26)15-16-31(36)32-22-27-7-4-5-8-28(27)23-33-17-19-34(20-18-33)29-11-2-1-3-12-29/h1-5,7-8,11-14,21H,6,9-10,15-20,22-23H2,(H,32,36). The summed E-state index contributed by atoms with van der Waals surface area (Å²) < 4.78 is 0. The van der Waals surface area contributed by atoms with E-state index in [2.05, 4.69) is 69.7 Å². The summed E-state index contributed by atoms with van der Waals surface area (Å²) in [6.45, 7) is 5.43. The van der Waals surface area contributed by atoms with Crippen LogP contribution in [0.2, 0.25) is 0 Å². The van der Waals surface area contributed by atoms with Gasteiger partial charge in [0, 0.05) is 63.4 Å². The highest BCUT2D eigenvalue weighted by molar-refractivity contribution is 5.98. The summed E-state index contributed by atoms with van der Waals surface area (Å²) in [6, 6.07) is 24.9. The number of piperazine rings is 1. The molecular formula is C31H35N3O2. The zero-order valence-electron chi connectivity index (χ0n) is 20.9. The molecule has 0 spiro atoms. The molecule has 1 fully saturated rings. The van der Waals surface area contributed by atoms with Crippen molar-refractivity contribution in [1.82, 2.24) is 10.2 Å². The van der Waals surface area contributed by atoms with E-state index < -0.39 is 0 Å². The van der Waals surface area contributed by atoms with Crippen LogP contribution in [-0.2, 0) is 30.7 Å². The van der Waals surface area contributed by atoms with Gasteiger partial charge in [-0.2, -0.15) is 0 Å². The van der Waals surface area contributed by atoms with Crippen LogP contribution in [0.5, 0.6) is 0 Å². The topological polar surface area (TPSA) is 52.7 Å². The van der Waals surface area contributed by atoms with E-state index in [-0.39, 0.29) is 24.5 Å². The number of nitrogens with one attached hydrogen (secondary N) is 1. The van der Waals surface area contributed by atoms with Gasteiger partial charge in [-0.3, -0.25) is 14.5 Å². The first-order valence-corrected chi connectivity index (χ1v) is 13.2. The van der Waals surface area contributed by atoms with Crippen LogP contribution in [0, 0.1) is 0 Å². The molecule has 3 aromatic rings. The number of anilines is 1. The smallest absolute Gasteiger partial charge is 0.220 e. The van der Waals surface area contributed by atoms with Gasteiger partial charge in [-0.25, -0.2) is 0 Å². The number of benzene rings is 3. The summed E-state index contributed by atoms with van der Waals surface area (Å²) in [5.74, 6) is -0.0225. The van der Waals surface area contributed by atoms with Gasteiger partial charge in [-0.1, -0.05) is 54.6 Å². The zero-order chi connectivity index (χ0) is 24.7. The Bertz CT molecular complexity index is 1200. The molecule has 0 saturated carbocycles. The van der Waals surface area contributed by atoms with Crippen LogP contribution in [0.1, 0.15) is 51.9 Å². The number of para-hydroxylation sites is 1. The lowest BCUT2D eigenvalue weighted by Crippen LogP contribution is -2.46. The first-order valence-electron chi connectivity index (χ1n) is 13.2. The number of Topliss-reactive ketones (excluding diaryl/α,β-unsaturated/α-hetero) is 1. The fraction of sp³-hybridized carbons (Fsp3) is 0.355. The van der Waals surface area contributed by atoms with Gasteiger partial charge in [0.05, 0.1) is 0 Å². The monoisotopic (exact) mass is 481 g/mol. The maximum atomic E-state index is 12.6. The number of carbonyl (C=O) groups is 2. The lowest BCUT2D eigenvalue weighted by atomic mass is 10.0. The summed E-state index contributed by atoms with van der Waals surface area (Å²) in [5.41, 5.74) is 7.07. The summed E-state index contributed by atoms with van der Waals surface area (Å²) in [6.07, 6.45) is 3.80. The number of carbonyl (C=O) groups excluding carboxylic acids is 2. The lowest BCUT2D eigenvalue weighted by molar-refractivity contribution is -0.121. The molecular weight excluding hydrogens is 446 g/mol. The van der Waals surface area contributed by atoms with E-state index in [4.69, 9.17) is 0 Å². The van der Waals surface area contributed by atoms with Crippen molar-refractivity contribution >= 4 is 17.4 Å². The lowest BCUT2D eigenvalue weighted by Gasteiger charge is -2.36. The summed E-state index contributed by atoms with van der Waals surface area (Å²) >= 11 is 0. The molecule has 5 nitrogen and oxygen atoms in total. The molecule has 1 saturated heterocycles. The predicted molar refractivity (Wildman–Crippen MR) is 144 cm³/mol. The number of fused-ring (bicyclic) bond motifs is 1. The molecule has 5 rings (SSSR count). The van der Waals surface area contributed by atoms with E-state index in [0.717, 1.165) is 56.7 Å². The summed E-state index contributed by atoms with van der Waals surface area (Å²) in [7, 11) is 0. The molecule has 186 valence electrons. The van der Waals surface area contributed by atoms with Crippen LogP contribution < -0.4 is 10.2 Å². The van der Waals surface area contributed by atoms with Crippen molar-refractivity contribution < 1.29 is 9.59 Å². The number of amides is 1. The van der Waals surface area contributed by atoms with Crippen molar-refractivity contribution in [2.24, 2.45) is 0 Å². The Hall–Kier alpha value is -3.44. The van der Waals surface area contributed by atoms with E-state index in [1.165, 1.54) is 28.8 Å². The largest absolute Gasteiger partial charge is 0.369 e. The molecule has 1 N–H and O–H groups in total. The van der Waals surface area contributed by atoms with Crippen LogP contribution in [0.15, 0.2) is 72.8 Å². The Balaban J connectivity index is 1.09. The fourth-order valence-electron chi connectivity index (χ4n) is 5.33.